The Balaban J connectivity index is 1.79. The summed E-state index contributed by atoms with van der Waals surface area (Å²) in [6, 6.07) is 7.57. The van der Waals surface area contributed by atoms with Gasteiger partial charge in [-0.1, -0.05) is 25.1 Å². The van der Waals surface area contributed by atoms with Crippen molar-refractivity contribution in [2.24, 2.45) is 7.05 Å². The zero-order valence-corrected chi connectivity index (χ0v) is 12.0. The zero-order chi connectivity index (χ0) is 14.8. The number of aromatic nitrogens is 3. The molecule has 1 aromatic carbocycles. The average molecular weight is 284 g/mol. The number of benzene rings is 1. The fourth-order valence-electron chi connectivity index (χ4n) is 2.26. The average Bonchev–Trinajstić information content (AvgIpc) is 3.07. The van der Waals surface area contributed by atoms with Crippen molar-refractivity contribution in [1.29, 1.82) is 0 Å². The summed E-state index contributed by atoms with van der Waals surface area (Å²) >= 11 is 0. The summed E-state index contributed by atoms with van der Waals surface area (Å²) < 4.78 is 7.07. The molecule has 1 amide bonds. The lowest BCUT2D eigenvalue weighted by molar-refractivity contribution is 0.0940. The van der Waals surface area contributed by atoms with E-state index in [-0.39, 0.29) is 5.91 Å². The third kappa shape index (κ3) is 2.52. The molecule has 0 fully saturated rings. The van der Waals surface area contributed by atoms with Gasteiger partial charge in [-0.25, -0.2) is 4.98 Å². The molecule has 3 aromatic rings. The van der Waals surface area contributed by atoms with E-state index in [1.165, 1.54) is 0 Å². The van der Waals surface area contributed by atoms with E-state index in [1.54, 1.807) is 17.9 Å². The Hall–Kier alpha value is -2.63. The molecule has 6 heteroatoms. The van der Waals surface area contributed by atoms with E-state index in [4.69, 9.17) is 4.42 Å². The van der Waals surface area contributed by atoms with Crippen LogP contribution < -0.4 is 5.32 Å². The van der Waals surface area contributed by atoms with Gasteiger partial charge in [0.15, 0.2) is 5.89 Å². The molecule has 0 bridgehead atoms. The Morgan fingerprint density at radius 2 is 2.19 bits per heavy atom. The summed E-state index contributed by atoms with van der Waals surface area (Å²) in [5, 5.41) is 8.00. The number of carbonyl (C=O) groups is 1. The highest BCUT2D eigenvalue weighted by Crippen LogP contribution is 2.17. The van der Waals surface area contributed by atoms with Gasteiger partial charge >= 0.3 is 0 Å². The molecular formula is C15H16N4O2. The Labute approximate surface area is 121 Å². The lowest BCUT2D eigenvalue weighted by Gasteiger charge is -2.04. The van der Waals surface area contributed by atoms with Crippen molar-refractivity contribution >= 4 is 16.8 Å². The van der Waals surface area contributed by atoms with Crippen molar-refractivity contribution < 1.29 is 9.21 Å². The van der Waals surface area contributed by atoms with E-state index >= 15 is 0 Å². The lowest BCUT2D eigenvalue weighted by atomic mass is 10.2. The lowest BCUT2D eigenvalue weighted by Crippen LogP contribution is -2.25. The van der Waals surface area contributed by atoms with Gasteiger partial charge in [0, 0.05) is 18.9 Å². The molecule has 0 unspecified atom stereocenters. The number of amides is 1. The Morgan fingerprint density at radius 3 is 2.95 bits per heavy atom. The number of aryl methyl sites for hydroxylation is 2. The van der Waals surface area contributed by atoms with Gasteiger partial charge in [-0.3, -0.25) is 9.48 Å². The Bertz CT molecular complexity index is 788. The monoisotopic (exact) mass is 284 g/mol. The molecule has 0 atom stereocenters. The molecule has 0 aliphatic carbocycles. The molecule has 0 radical (unpaired) electrons. The third-order valence-corrected chi connectivity index (χ3v) is 3.28. The van der Waals surface area contributed by atoms with Crippen molar-refractivity contribution in [2.75, 3.05) is 0 Å². The minimum absolute atomic E-state index is 0.180. The van der Waals surface area contributed by atoms with Crippen molar-refractivity contribution in [3.63, 3.8) is 0 Å². The molecule has 3 rings (SSSR count). The number of fused-ring (bicyclic) bond motifs is 1. The Kier molecular flexibility index (Phi) is 3.43. The second kappa shape index (κ2) is 5.40. The minimum Gasteiger partial charge on any atom is -0.444 e. The predicted octanol–water partition coefficient (Wildman–Crippen LogP) is 2.05. The topological polar surface area (TPSA) is 73.0 Å². The van der Waals surface area contributed by atoms with Crippen molar-refractivity contribution in [2.45, 2.75) is 19.9 Å². The van der Waals surface area contributed by atoms with Crippen LogP contribution in [-0.2, 0) is 20.0 Å². The first-order valence-corrected chi connectivity index (χ1v) is 6.82. The van der Waals surface area contributed by atoms with Crippen LogP contribution in [0.25, 0.3) is 10.9 Å². The molecule has 0 saturated heterocycles. The van der Waals surface area contributed by atoms with E-state index in [2.05, 4.69) is 15.4 Å². The fourth-order valence-corrected chi connectivity index (χ4v) is 2.26. The van der Waals surface area contributed by atoms with Crippen LogP contribution in [0.5, 0.6) is 0 Å². The first kappa shape index (κ1) is 13.4. The molecule has 2 heterocycles. The molecule has 1 N–H and O–H groups in total. The van der Waals surface area contributed by atoms with E-state index < -0.39 is 0 Å². The summed E-state index contributed by atoms with van der Waals surface area (Å²) in [6.45, 7) is 2.28. The van der Waals surface area contributed by atoms with Gasteiger partial charge in [-0.15, -0.1) is 0 Å². The van der Waals surface area contributed by atoms with Gasteiger partial charge in [0.1, 0.15) is 11.5 Å². The maximum absolute atomic E-state index is 12.4. The zero-order valence-electron chi connectivity index (χ0n) is 12.0. The highest BCUT2D eigenvalue weighted by Gasteiger charge is 2.16. The molecule has 0 aliphatic rings. The van der Waals surface area contributed by atoms with Gasteiger partial charge in [0.05, 0.1) is 18.3 Å². The van der Waals surface area contributed by atoms with E-state index in [0.717, 1.165) is 17.3 Å². The summed E-state index contributed by atoms with van der Waals surface area (Å²) in [4.78, 5) is 16.5. The van der Waals surface area contributed by atoms with Crippen LogP contribution in [0, 0.1) is 0 Å². The molecule has 6 nitrogen and oxygen atoms in total. The normalized spacial score (nSPS) is 11.0. The van der Waals surface area contributed by atoms with Gasteiger partial charge in [0.25, 0.3) is 5.91 Å². The van der Waals surface area contributed by atoms with E-state index in [9.17, 15) is 4.79 Å². The number of nitrogens with zero attached hydrogens (tertiary/aromatic N) is 3. The van der Waals surface area contributed by atoms with Crippen molar-refractivity contribution in [3.05, 3.63) is 47.8 Å². The maximum Gasteiger partial charge on any atom is 0.270 e. The molecule has 2 aromatic heterocycles. The van der Waals surface area contributed by atoms with Crippen LogP contribution in [0.3, 0.4) is 0 Å². The highest BCUT2D eigenvalue weighted by molar-refractivity contribution is 6.04. The molecule has 0 spiro atoms. The number of hydrogen-bond donors (Lipinski definition) is 1. The summed E-state index contributed by atoms with van der Waals surface area (Å²) in [5.74, 6) is 1.14. The number of nitrogens with one attached hydrogen (secondary N) is 1. The van der Waals surface area contributed by atoms with Crippen LogP contribution in [0.2, 0.25) is 0 Å². The minimum atomic E-state index is -0.180. The van der Waals surface area contributed by atoms with Gasteiger partial charge in [-0.2, -0.15) is 5.10 Å². The first-order chi connectivity index (χ1) is 10.2. The van der Waals surface area contributed by atoms with Crippen molar-refractivity contribution in [1.82, 2.24) is 20.1 Å². The third-order valence-electron chi connectivity index (χ3n) is 3.28. The molecule has 0 aliphatic heterocycles. The van der Waals surface area contributed by atoms with Gasteiger partial charge in [0.2, 0.25) is 0 Å². The Morgan fingerprint density at radius 1 is 1.38 bits per heavy atom. The van der Waals surface area contributed by atoms with E-state index in [1.807, 2.05) is 31.2 Å². The fraction of sp³-hybridized carbons (Fsp3) is 0.267. The largest absolute Gasteiger partial charge is 0.444 e. The maximum atomic E-state index is 12.4. The van der Waals surface area contributed by atoms with Crippen LogP contribution in [0.15, 0.2) is 34.9 Å². The number of carbonyl (C=O) groups excluding carboxylic acids is 1. The van der Waals surface area contributed by atoms with Gasteiger partial charge < -0.3 is 9.73 Å². The predicted molar refractivity (Wildman–Crippen MR) is 77.8 cm³/mol. The summed E-state index contributed by atoms with van der Waals surface area (Å²) in [5.41, 5.74) is 1.35. The second-order valence-corrected chi connectivity index (χ2v) is 4.75. The molecule has 108 valence electrons. The molecular weight excluding hydrogens is 268 g/mol. The number of hydrogen-bond acceptors (Lipinski definition) is 4. The van der Waals surface area contributed by atoms with Crippen LogP contribution in [0.4, 0.5) is 0 Å². The highest BCUT2D eigenvalue weighted by atomic mass is 16.4. The van der Waals surface area contributed by atoms with Crippen LogP contribution in [-0.4, -0.2) is 20.7 Å². The SMILES string of the molecule is CCc1ncc(CNC(=O)c2c3ccccc3nn2C)o1. The standard InChI is InChI=1S/C15H16N4O2/c1-3-13-16-8-10(21-13)9-17-15(20)14-11-6-4-5-7-12(11)18-19(14)2/h4-8H,3,9H2,1-2H3,(H,17,20). The second-order valence-electron chi connectivity index (χ2n) is 4.75. The smallest absolute Gasteiger partial charge is 0.270 e. The van der Waals surface area contributed by atoms with Gasteiger partial charge in [-0.05, 0) is 6.07 Å². The summed E-state index contributed by atoms with van der Waals surface area (Å²) in [6.07, 6.45) is 2.38. The first-order valence-electron chi connectivity index (χ1n) is 6.82. The van der Waals surface area contributed by atoms with Crippen LogP contribution >= 0.6 is 0 Å². The molecule has 0 saturated carbocycles. The number of oxazole rings is 1. The number of rotatable bonds is 4. The summed E-state index contributed by atoms with van der Waals surface area (Å²) in [7, 11) is 1.76. The van der Waals surface area contributed by atoms with Crippen LogP contribution in [0.1, 0.15) is 29.1 Å². The van der Waals surface area contributed by atoms with Crippen molar-refractivity contribution in [3.8, 4) is 0 Å². The van der Waals surface area contributed by atoms with E-state index in [0.29, 0.717) is 23.9 Å². The quantitative estimate of drug-likeness (QED) is 0.796. The molecule has 21 heavy (non-hydrogen) atoms.